The maximum atomic E-state index is 11.4. The summed E-state index contributed by atoms with van der Waals surface area (Å²) in [5.41, 5.74) is 5.62. The molecule has 1 aromatic carbocycles. The number of rotatable bonds is 4. The van der Waals surface area contributed by atoms with Crippen LogP contribution in [0.15, 0.2) is 51.3 Å². The van der Waals surface area contributed by atoms with Crippen molar-refractivity contribution in [3.8, 4) is 0 Å². The molecule has 2 aromatic rings. The molecule has 0 aliphatic carbocycles. The molecule has 0 spiro atoms. The molecule has 6 nitrogen and oxygen atoms in total. The van der Waals surface area contributed by atoms with E-state index >= 15 is 0 Å². The Morgan fingerprint density at radius 3 is 2.43 bits per heavy atom. The minimum atomic E-state index is -3.24. The van der Waals surface area contributed by atoms with Crippen LogP contribution in [0.25, 0.3) is 0 Å². The van der Waals surface area contributed by atoms with Gasteiger partial charge in [-0.05, 0) is 30.3 Å². The van der Waals surface area contributed by atoms with Crippen LogP contribution < -0.4 is 5.73 Å². The molecule has 0 radical (unpaired) electrons. The summed E-state index contributed by atoms with van der Waals surface area (Å²) >= 11 is 1.22. The van der Waals surface area contributed by atoms with Crippen LogP contribution in [0.1, 0.15) is 10.4 Å². The minimum Gasteiger partial charge on any atom is -0.478 e. The van der Waals surface area contributed by atoms with E-state index in [0.717, 1.165) is 11.2 Å². The number of nitrogens with two attached hydrogens (primary N) is 1. The molecule has 0 unspecified atom stereocenters. The Balaban J connectivity index is 2.26. The van der Waals surface area contributed by atoms with Gasteiger partial charge in [0, 0.05) is 11.2 Å². The summed E-state index contributed by atoms with van der Waals surface area (Å²) in [7, 11) is -3.24. The number of carboxylic acid groups (broad SMARTS) is 1. The first-order chi connectivity index (χ1) is 9.77. The Morgan fingerprint density at radius 2 is 1.90 bits per heavy atom. The number of hydrogen-bond acceptors (Lipinski definition) is 6. The Morgan fingerprint density at radius 1 is 1.29 bits per heavy atom. The molecule has 8 heteroatoms. The summed E-state index contributed by atoms with van der Waals surface area (Å²) in [6, 6.07) is 7.64. The van der Waals surface area contributed by atoms with Crippen molar-refractivity contribution in [3.05, 3.63) is 42.1 Å². The van der Waals surface area contributed by atoms with Crippen molar-refractivity contribution in [2.75, 3.05) is 12.0 Å². The number of carbonyl (C=O) groups is 1. The lowest BCUT2D eigenvalue weighted by Crippen LogP contribution is -2.03. The highest BCUT2D eigenvalue weighted by atomic mass is 32.2. The largest absolute Gasteiger partial charge is 0.478 e. The van der Waals surface area contributed by atoms with Gasteiger partial charge in [-0.15, -0.1) is 0 Å². The maximum Gasteiger partial charge on any atom is 0.337 e. The van der Waals surface area contributed by atoms with Crippen LogP contribution in [0.5, 0.6) is 0 Å². The molecule has 3 N–H and O–H groups in total. The molecular formula is C13H12N2O4S2. The predicted molar refractivity (Wildman–Crippen MR) is 79.3 cm³/mol. The molecule has 0 amide bonds. The number of aromatic nitrogens is 1. The van der Waals surface area contributed by atoms with E-state index in [4.69, 9.17) is 10.8 Å². The number of nitrogens with zero attached hydrogens (tertiary/aromatic N) is 1. The van der Waals surface area contributed by atoms with Crippen LogP contribution in [0.3, 0.4) is 0 Å². The van der Waals surface area contributed by atoms with E-state index in [-0.39, 0.29) is 16.1 Å². The fraction of sp³-hybridized carbons (Fsp3) is 0.0769. The average Bonchev–Trinajstić information content (AvgIpc) is 2.40. The molecule has 0 atom stereocenters. The SMILES string of the molecule is CS(=O)(=O)c1ccc(Sc2cc(C(=O)O)c(N)cn2)cc1. The van der Waals surface area contributed by atoms with Crippen LogP contribution in [0.2, 0.25) is 0 Å². The molecule has 0 bridgehead atoms. The fourth-order valence-electron chi connectivity index (χ4n) is 1.56. The highest BCUT2D eigenvalue weighted by molar-refractivity contribution is 7.99. The van der Waals surface area contributed by atoms with Gasteiger partial charge in [-0.25, -0.2) is 18.2 Å². The fourth-order valence-corrected chi connectivity index (χ4v) is 2.99. The van der Waals surface area contributed by atoms with Crippen molar-refractivity contribution in [3.63, 3.8) is 0 Å². The number of nitrogen functional groups attached to an aromatic ring is 1. The van der Waals surface area contributed by atoms with Gasteiger partial charge in [0.15, 0.2) is 9.84 Å². The third kappa shape index (κ3) is 3.73. The number of carboxylic acids is 1. The maximum absolute atomic E-state index is 11.4. The summed E-state index contributed by atoms with van der Waals surface area (Å²) < 4.78 is 22.7. The summed E-state index contributed by atoms with van der Waals surface area (Å²) in [6.07, 6.45) is 2.42. The van der Waals surface area contributed by atoms with Gasteiger partial charge in [0.2, 0.25) is 0 Å². The van der Waals surface area contributed by atoms with E-state index < -0.39 is 15.8 Å². The third-order valence-electron chi connectivity index (χ3n) is 2.61. The summed E-state index contributed by atoms with van der Waals surface area (Å²) in [5, 5.41) is 9.46. The quantitative estimate of drug-likeness (QED) is 0.883. The van der Waals surface area contributed by atoms with Gasteiger partial charge in [0.1, 0.15) is 5.03 Å². The number of hydrogen-bond donors (Lipinski definition) is 2. The second-order valence-corrected chi connectivity index (χ2v) is 7.37. The molecule has 0 fully saturated rings. The van der Waals surface area contributed by atoms with Crippen LogP contribution in [-0.2, 0) is 9.84 Å². The summed E-state index contributed by atoms with van der Waals surface area (Å²) in [5.74, 6) is -1.12. The van der Waals surface area contributed by atoms with Crippen molar-refractivity contribution in [2.45, 2.75) is 14.8 Å². The molecule has 0 saturated heterocycles. The van der Waals surface area contributed by atoms with Gasteiger partial charge >= 0.3 is 5.97 Å². The molecular weight excluding hydrogens is 312 g/mol. The van der Waals surface area contributed by atoms with Crippen LogP contribution >= 0.6 is 11.8 Å². The van der Waals surface area contributed by atoms with Crippen LogP contribution in [-0.4, -0.2) is 30.7 Å². The molecule has 0 saturated carbocycles. The first-order valence-corrected chi connectivity index (χ1v) is 8.45. The molecule has 1 heterocycles. The number of pyridine rings is 1. The normalized spacial score (nSPS) is 11.3. The van der Waals surface area contributed by atoms with Crippen LogP contribution in [0, 0.1) is 0 Å². The number of sulfone groups is 1. The van der Waals surface area contributed by atoms with Gasteiger partial charge in [-0.3, -0.25) is 0 Å². The lowest BCUT2D eigenvalue weighted by atomic mass is 10.2. The van der Waals surface area contributed by atoms with Crippen LogP contribution in [0.4, 0.5) is 5.69 Å². The van der Waals surface area contributed by atoms with E-state index in [1.807, 2.05) is 0 Å². The van der Waals surface area contributed by atoms with Gasteiger partial charge in [-0.1, -0.05) is 11.8 Å². The monoisotopic (exact) mass is 324 g/mol. The first-order valence-electron chi connectivity index (χ1n) is 5.74. The molecule has 0 aliphatic rings. The zero-order valence-corrected chi connectivity index (χ0v) is 12.6. The summed E-state index contributed by atoms with van der Waals surface area (Å²) in [4.78, 5) is 16.0. The topological polar surface area (TPSA) is 110 Å². The highest BCUT2D eigenvalue weighted by Crippen LogP contribution is 2.28. The van der Waals surface area contributed by atoms with E-state index in [1.165, 1.54) is 36.2 Å². The zero-order chi connectivity index (χ0) is 15.6. The first kappa shape index (κ1) is 15.3. The number of anilines is 1. The Bertz CT molecular complexity index is 786. The predicted octanol–water partition coefficient (Wildman–Crippen LogP) is 1.92. The van der Waals surface area contributed by atoms with Crippen molar-refractivity contribution < 1.29 is 18.3 Å². The Kier molecular flexibility index (Phi) is 4.19. The molecule has 21 heavy (non-hydrogen) atoms. The Hall–Kier alpha value is -2.06. The van der Waals surface area contributed by atoms with Gasteiger partial charge in [0.25, 0.3) is 0 Å². The lowest BCUT2D eigenvalue weighted by molar-refractivity contribution is 0.0697. The second-order valence-electron chi connectivity index (χ2n) is 4.26. The smallest absolute Gasteiger partial charge is 0.337 e. The number of aromatic carboxylic acids is 1. The molecule has 0 aliphatic heterocycles. The molecule has 110 valence electrons. The molecule has 1 aromatic heterocycles. The van der Waals surface area contributed by atoms with Crippen molar-refractivity contribution in [2.24, 2.45) is 0 Å². The second kappa shape index (κ2) is 5.74. The van der Waals surface area contributed by atoms with E-state index in [0.29, 0.717) is 5.03 Å². The lowest BCUT2D eigenvalue weighted by Gasteiger charge is -2.05. The van der Waals surface area contributed by atoms with Gasteiger partial charge < -0.3 is 10.8 Å². The van der Waals surface area contributed by atoms with Gasteiger partial charge in [-0.2, -0.15) is 0 Å². The van der Waals surface area contributed by atoms with Crippen molar-refractivity contribution >= 4 is 33.3 Å². The summed E-state index contributed by atoms with van der Waals surface area (Å²) in [6.45, 7) is 0. The zero-order valence-electron chi connectivity index (χ0n) is 11.0. The number of benzene rings is 1. The highest BCUT2D eigenvalue weighted by Gasteiger charge is 2.11. The third-order valence-corrected chi connectivity index (χ3v) is 4.68. The Labute approximate surface area is 125 Å². The van der Waals surface area contributed by atoms with Gasteiger partial charge in [0.05, 0.1) is 22.3 Å². The van der Waals surface area contributed by atoms with Crippen molar-refractivity contribution in [1.82, 2.24) is 4.98 Å². The van der Waals surface area contributed by atoms with E-state index in [1.54, 1.807) is 12.1 Å². The standard InChI is InChI=1S/C13H12N2O4S2/c1-21(18,19)9-4-2-8(3-5-9)20-12-6-10(13(16)17)11(14)7-15-12/h2-7H,14H2,1H3,(H,16,17). The average molecular weight is 324 g/mol. The van der Waals surface area contributed by atoms with Crippen molar-refractivity contribution in [1.29, 1.82) is 0 Å². The van der Waals surface area contributed by atoms with E-state index in [9.17, 15) is 13.2 Å². The molecule has 2 rings (SSSR count). The minimum absolute atomic E-state index is 0.0137. The van der Waals surface area contributed by atoms with E-state index in [2.05, 4.69) is 4.98 Å².